The van der Waals surface area contributed by atoms with E-state index in [1.165, 1.54) is 7.11 Å². The highest BCUT2D eigenvalue weighted by molar-refractivity contribution is 3.18. The van der Waals surface area contributed by atoms with Gasteiger partial charge in [0, 0.05) is 14.2 Å². The Hall–Kier alpha value is -0.0800. The average molecular weight is 65.1 g/mol. The summed E-state index contributed by atoms with van der Waals surface area (Å²) in [4.78, 5) is 0. The van der Waals surface area contributed by atoms with Gasteiger partial charge in [0.2, 0.25) is 1.43 Å². The second kappa shape index (κ2) is 1680. The highest BCUT2D eigenvalue weighted by atomic mass is 16.2. The summed E-state index contributed by atoms with van der Waals surface area (Å²) in [5, 5.41) is 10.5. The van der Waals surface area contributed by atoms with Crippen molar-refractivity contribution in [1.29, 1.82) is 1.43 Å². The molecule has 28 valence electrons. The van der Waals surface area contributed by atoms with Crippen LogP contribution in [0.5, 0.6) is 0 Å². The van der Waals surface area contributed by atoms with Gasteiger partial charge in [-0.2, -0.15) is 0 Å². The summed E-state index contributed by atoms with van der Waals surface area (Å²) in [6, 6.07) is 0. The fraction of sp³-hybridized carbons (Fsp3) is 1.00. The van der Waals surface area contributed by atoms with Gasteiger partial charge in [-0.1, -0.05) is 0 Å². The Morgan fingerprint density at radius 3 is 1.75 bits per heavy atom. The summed E-state index contributed by atoms with van der Waals surface area (Å²) in [5.74, 6) is 0. The van der Waals surface area contributed by atoms with Crippen LogP contribution in [0, 0.1) is 0 Å². The molecule has 0 heterocycles. The molecule has 0 rings (SSSR count). The third-order valence-corrected chi connectivity index (χ3v) is 0. The van der Waals surface area contributed by atoms with E-state index in [1.807, 2.05) is 0 Å². The number of hydrogen-bond acceptors (Lipinski definition) is 2. The van der Waals surface area contributed by atoms with E-state index in [-0.39, 0.29) is 0 Å². The van der Waals surface area contributed by atoms with Crippen LogP contribution in [0.1, 0.15) is 0 Å². The predicted molar refractivity (Wildman–Crippen MR) is 16.3 cm³/mol. The van der Waals surface area contributed by atoms with Crippen LogP contribution in [0.25, 0.3) is 0 Å². The van der Waals surface area contributed by atoms with Crippen molar-refractivity contribution in [3.05, 3.63) is 0 Å². The summed E-state index contributed by atoms with van der Waals surface area (Å²) in [6.45, 7) is 0. The molecule has 0 unspecified atom stereocenters. The molecule has 0 aliphatic carbocycles. The highest BCUT2D eigenvalue weighted by Crippen LogP contribution is 0.757. The Morgan fingerprint density at radius 1 is 1.75 bits per heavy atom. The molecule has 0 aromatic rings. The van der Waals surface area contributed by atoms with Crippen LogP contribution in [0.3, 0.4) is 0 Å². The van der Waals surface area contributed by atoms with Crippen molar-refractivity contribution < 1.29 is 10.2 Å². The Kier molecular flexibility index (Phi) is 1650. The molecule has 0 amide bonds. The van der Waals surface area contributed by atoms with Crippen molar-refractivity contribution in [2.24, 2.45) is 0 Å². The first kappa shape index (κ1) is 3.92. The predicted octanol–water partition coefficient (Wildman–Crippen LogP) is -0.783. The Morgan fingerprint density at radius 2 is 1.75 bits per heavy atom. The molecule has 0 spiro atoms. The minimum Gasteiger partial charge on any atom is -0.400 e. The van der Waals surface area contributed by atoms with Crippen molar-refractivity contribution in [2.75, 3.05) is 14.2 Å². The van der Waals surface area contributed by atoms with Gasteiger partial charge in [0.05, 0.1) is 0 Å². The SMILES string of the molecule is CO.[2H]OC. The molecule has 0 atom stereocenters. The largest absolute Gasteiger partial charge is 0.400 e. The molecular formula is C2H8O2. The van der Waals surface area contributed by atoms with E-state index in [0.29, 0.717) is 0 Å². The van der Waals surface area contributed by atoms with Crippen molar-refractivity contribution in [3.63, 3.8) is 0 Å². The highest BCUT2D eigenvalue weighted by Gasteiger charge is 0.841. The first-order valence-electron chi connectivity index (χ1n) is 1.26. The van der Waals surface area contributed by atoms with Crippen LogP contribution in [0.4, 0.5) is 0 Å². The fourth-order valence-corrected chi connectivity index (χ4v) is 0. The van der Waals surface area contributed by atoms with Gasteiger partial charge in [0.25, 0.3) is 0 Å². The van der Waals surface area contributed by atoms with E-state index >= 15 is 0 Å². The van der Waals surface area contributed by atoms with Gasteiger partial charge >= 0.3 is 0 Å². The molecule has 0 saturated carbocycles. The van der Waals surface area contributed by atoms with E-state index in [0.717, 1.165) is 7.11 Å². The van der Waals surface area contributed by atoms with E-state index in [1.54, 1.807) is 0 Å². The normalized spacial score (nSPS) is 6.25. The van der Waals surface area contributed by atoms with Crippen molar-refractivity contribution in [2.45, 2.75) is 0 Å². The minimum atomic E-state index is 1.00. The van der Waals surface area contributed by atoms with Crippen molar-refractivity contribution in [3.8, 4) is 0 Å². The zero-order valence-electron chi connectivity index (χ0n) is 3.86. The molecule has 0 aliphatic heterocycles. The zero-order valence-corrected chi connectivity index (χ0v) is 2.86. The van der Waals surface area contributed by atoms with E-state index in [9.17, 15) is 0 Å². The first-order chi connectivity index (χ1) is 2.41. The Balaban J connectivity index is 0. The van der Waals surface area contributed by atoms with E-state index in [4.69, 9.17) is 6.54 Å². The van der Waals surface area contributed by atoms with Crippen LogP contribution >= 0.6 is 0 Å². The van der Waals surface area contributed by atoms with Gasteiger partial charge in [-0.05, 0) is 0 Å². The van der Waals surface area contributed by atoms with Crippen molar-refractivity contribution in [1.82, 2.24) is 0 Å². The van der Waals surface area contributed by atoms with Gasteiger partial charge in [0.1, 0.15) is 0 Å². The maximum atomic E-state index is 7.00. The van der Waals surface area contributed by atoms with Crippen LogP contribution in [-0.4, -0.2) is 25.9 Å². The molecule has 4 heavy (non-hydrogen) atoms. The lowest BCUT2D eigenvalue weighted by Crippen LogP contribution is -1.25. The molecule has 2 heteroatoms. The average Bonchev–Trinajstić information content (AvgIpc) is 1.46. The van der Waals surface area contributed by atoms with Gasteiger partial charge in [-0.25, -0.2) is 0 Å². The van der Waals surface area contributed by atoms with Crippen LogP contribution in [0.2, 0.25) is 0 Å². The Bertz CT molecular complexity index is 7.61. The molecule has 0 aromatic heterocycles. The lowest BCUT2D eigenvalue weighted by molar-refractivity contribution is 0.399. The summed E-state index contributed by atoms with van der Waals surface area (Å²) in [6.07, 6.45) is 0. The molecule has 0 bridgehead atoms. The molecule has 0 aromatic carbocycles. The molecular weight excluding hydrogens is 56.0 g/mol. The standard InChI is InChI=1S/2CH4O/c2*1-2/h2*2H,1H3/i2D;. The smallest absolute Gasteiger partial charge is 0.210 e. The topological polar surface area (TPSA) is 40.5 Å². The summed E-state index contributed by atoms with van der Waals surface area (Å²) >= 11 is 0. The quantitative estimate of drug-likeness (QED) is 0.388. The number of hydrogen-bond donors (Lipinski definition) is 2. The summed E-state index contributed by atoms with van der Waals surface area (Å²) in [5.41, 5.74) is 0. The fourth-order valence-electron chi connectivity index (χ4n) is 0. The number of aliphatic hydroxyl groups is 2. The molecule has 0 fully saturated rings. The van der Waals surface area contributed by atoms with Gasteiger partial charge in [-0.3, -0.25) is 0 Å². The maximum absolute atomic E-state index is 7.00. The van der Waals surface area contributed by atoms with Gasteiger partial charge < -0.3 is 10.2 Å². The number of rotatable bonds is 0. The number of aliphatic hydroxyl groups excluding tert-OH is 2. The van der Waals surface area contributed by atoms with Crippen LogP contribution < -0.4 is 0 Å². The van der Waals surface area contributed by atoms with E-state index < -0.39 is 0 Å². The molecule has 0 aliphatic rings. The summed E-state index contributed by atoms with van der Waals surface area (Å²) < 4.78 is 5.71. The lowest BCUT2D eigenvalue weighted by atomic mass is 11.8. The van der Waals surface area contributed by atoms with Gasteiger partial charge in [-0.15, -0.1) is 0 Å². The zero-order chi connectivity index (χ0) is 4.71. The molecule has 0 radical (unpaired) electrons. The second-order valence-electron chi connectivity index (χ2n) is 0. The minimum absolute atomic E-state index is 1.00. The molecule has 2 N–H and O–H groups in total. The van der Waals surface area contributed by atoms with Crippen LogP contribution in [-0.2, 0) is 0 Å². The Labute approximate surface area is 27.2 Å². The third-order valence-electron chi connectivity index (χ3n) is 0. The lowest BCUT2D eigenvalue weighted by Gasteiger charge is -1.21. The third kappa shape index (κ3) is 254. The first-order valence-corrected chi connectivity index (χ1v) is 0.855. The van der Waals surface area contributed by atoms with E-state index in [2.05, 4.69) is 5.11 Å². The monoisotopic (exact) mass is 65.1 g/mol. The van der Waals surface area contributed by atoms with Crippen molar-refractivity contribution >= 4 is 0 Å². The molecule has 0 saturated heterocycles. The van der Waals surface area contributed by atoms with Crippen LogP contribution in [0.15, 0.2) is 0 Å². The molecule has 2 nitrogen and oxygen atoms in total. The maximum Gasteiger partial charge on any atom is 0.210 e. The summed E-state index contributed by atoms with van der Waals surface area (Å²) in [7, 11) is 2.29. The second-order valence-corrected chi connectivity index (χ2v) is 0. The van der Waals surface area contributed by atoms with Gasteiger partial charge in [0.15, 0.2) is 0 Å².